The summed E-state index contributed by atoms with van der Waals surface area (Å²) in [4.78, 5) is 8.34. The fourth-order valence-corrected chi connectivity index (χ4v) is 2.14. The van der Waals surface area contributed by atoms with Crippen LogP contribution in [-0.4, -0.2) is 35.6 Å². The van der Waals surface area contributed by atoms with Crippen LogP contribution >= 0.6 is 24.0 Å². The molecule has 2 rings (SSSR count). The van der Waals surface area contributed by atoms with Gasteiger partial charge in [-0.1, -0.05) is 0 Å². The molecule has 0 bridgehead atoms. The van der Waals surface area contributed by atoms with E-state index in [-0.39, 0.29) is 24.0 Å². The van der Waals surface area contributed by atoms with E-state index >= 15 is 0 Å². The molecule has 0 unspecified atom stereocenters. The Bertz CT molecular complexity index is 566. The molecule has 2 heterocycles. The number of pyridine rings is 1. The van der Waals surface area contributed by atoms with E-state index in [0.717, 1.165) is 32.0 Å². The Morgan fingerprint density at radius 1 is 1.23 bits per heavy atom. The minimum absolute atomic E-state index is 0. The Hall–Kier alpha value is -1.57. The van der Waals surface area contributed by atoms with E-state index in [1.165, 1.54) is 11.1 Å². The zero-order valence-electron chi connectivity index (χ0n) is 13.1. The molecule has 2 N–H and O–H groups in total. The molecule has 2 aromatic heterocycles. The lowest BCUT2D eigenvalue weighted by Gasteiger charge is -2.12. The maximum Gasteiger partial charge on any atom is 0.191 e. The number of aryl methyl sites for hydroxylation is 1. The van der Waals surface area contributed by atoms with Crippen LogP contribution in [0.5, 0.6) is 0 Å². The molecule has 0 aliphatic rings. The van der Waals surface area contributed by atoms with Gasteiger partial charge in [-0.2, -0.15) is 0 Å². The minimum Gasteiger partial charge on any atom is -0.356 e. The third kappa shape index (κ3) is 6.05. The summed E-state index contributed by atoms with van der Waals surface area (Å²) in [5.74, 6) is 0.842. The molecule has 0 atom stereocenters. The summed E-state index contributed by atoms with van der Waals surface area (Å²) in [5, 5.41) is 6.65. The monoisotopic (exact) mass is 413 g/mol. The van der Waals surface area contributed by atoms with Gasteiger partial charge in [-0.15, -0.1) is 24.0 Å². The lowest BCUT2D eigenvalue weighted by molar-refractivity contribution is 0.665. The number of nitrogens with one attached hydrogen (secondary N) is 2. The largest absolute Gasteiger partial charge is 0.356 e. The second-order valence-corrected chi connectivity index (χ2v) is 4.90. The predicted octanol–water partition coefficient (Wildman–Crippen LogP) is 2.22. The van der Waals surface area contributed by atoms with Crippen LogP contribution in [0.2, 0.25) is 0 Å². The average molecular weight is 413 g/mol. The fraction of sp³-hybridized carbons (Fsp3) is 0.375. The normalized spacial score (nSPS) is 10.9. The molecule has 6 heteroatoms. The highest BCUT2D eigenvalue weighted by Gasteiger charge is 2.00. The summed E-state index contributed by atoms with van der Waals surface area (Å²) in [7, 11) is 1.79. The fourth-order valence-electron chi connectivity index (χ4n) is 2.14. The van der Waals surface area contributed by atoms with Crippen LogP contribution in [-0.2, 0) is 13.0 Å². The Kier molecular flexibility index (Phi) is 8.57. The van der Waals surface area contributed by atoms with Crippen molar-refractivity contribution in [1.29, 1.82) is 0 Å². The summed E-state index contributed by atoms with van der Waals surface area (Å²) in [6.45, 7) is 4.72. The molecule has 0 spiro atoms. The lowest BCUT2D eigenvalue weighted by Crippen LogP contribution is -2.39. The van der Waals surface area contributed by atoms with Crippen molar-refractivity contribution in [2.45, 2.75) is 19.9 Å². The maximum atomic E-state index is 4.23. The van der Waals surface area contributed by atoms with Gasteiger partial charge in [0.05, 0.1) is 0 Å². The molecular formula is C16H24IN5. The lowest BCUT2D eigenvalue weighted by atomic mass is 10.1. The van der Waals surface area contributed by atoms with Crippen molar-refractivity contribution in [2.75, 3.05) is 20.1 Å². The molecule has 0 saturated heterocycles. The Balaban J connectivity index is 0.00000242. The second-order valence-electron chi connectivity index (χ2n) is 4.90. The van der Waals surface area contributed by atoms with Gasteiger partial charge in [0.15, 0.2) is 5.96 Å². The quantitative estimate of drug-likeness (QED) is 0.434. The topological polar surface area (TPSA) is 54.2 Å². The van der Waals surface area contributed by atoms with Crippen LogP contribution in [0.1, 0.15) is 11.1 Å². The van der Waals surface area contributed by atoms with Crippen molar-refractivity contribution >= 4 is 29.9 Å². The number of aromatic nitrogens is 2. The van der Waals surface area contributed by atoms with Crippen molar-refractivity contribution < 1.29 is 0 Å². The summed E-state index contributed by atoms with van der Waals surface area (Å²) in [6, 6.07) is 6.13. The predicted molar refractivity (Wildman–Crippen MR) is 102 cm³/mol. The number of aliphatic imine (C=N–C) groups is 1. The number of halogens is 1. The van der Waals surface area contributed by atoms with Gasteiger partial charge >= 0.3 is 0 Å². The number of rotatable bonds is 6. The molecule has 0 fully saturated rings. The van der Waals surface area contributed by atoms with Crippen molar-refractivity contribution in [3.63, 3.8) is 0 Å². The molecule has 22 heavy (non-hydrogen) atoms. The molecule has 0 aliphatic carbocycles. The van der Waals surface area contributed by atoms with Gasteiger partial charge in [0.25, 0.3) is 0 Å². The van der Waals surface area contributed by atoms with E-state index in [1.54, 1.807) is 7.05 Å². The molecule has 120 valence electrons. The first kappa shape index (κ1) is 18.5. The van der Waals surface area contributed by atoms with Crippen molar-refractivity contribution in [3.05, 3.63) is 54.1 Å². The van der Waals surface area contributed by atoms with Crippen LogP contribution in [0.4, 0.5) is 0 Å². The first-order chi connectivity index (χ1) is 10.3. The summed E-state index contributed by atoms with van der Waals surface area (Å²) < 4.78 is 2.14. The molecular weight excluding hydrogens is 389 g/mol. The third-order valence-corrected chi connectivity index (χ3v) is 3.38. The van der Waals surface area contributed by atoms with Gasteiger partial charge in [-0.05, 0) is 42.7 Å². The highest BCUT2D eigenvalue weighted by atomic mass is 127. The number of hydrogen-bond donors (Lipinski definition) is 2. The summed E-state index contributed by atoms with van der Waals surface area (Å²) in [6.07, 6.45) is 8.83. The average Bonchev–Trinajstić information content (AvgIpc) is 3.01. The van der Waals surface area contributed by atoms with Gasteiger partial charge in [-0.25, -0.2) is 0 Å². The van der Waals surface area contributed by atoms with E-state index in [0.29, 0.717) is 0 Å². The molecule has 0 aromatic carbocycles. The van der Waals surface area contributed by atoms with Gasteiger partial charge < -0.3 is 15.2 Å². The third-order valence-electron chi connectivity index (χ3n) is 3.38. The van der Waals surface area contributed by atoms with Crippen LogP contribution in [0, 0.1) is 6.92 Å². The zero-order chi connectivity index (χ0) is 14.9. The molecule has 5 nitrogen and oxygen atoms in total. The number of guanidine groups is 1. The van der Waals surface area contributed by atoms with Crippen LogP contribution in [0.25, 0.3) is 0 Å². The first-order valence-corrected chi connectivity index (χ1v) is 7.24. The standard InChI is InChI=1S/C16H23N5.HI/c1-14-13-18-7-5-15(14)6-8-19-16(17-2)20-9-12-21-10-3-4-11-21;/h3-5,7,10-11,13H,6,8-9,12H2,1-2H3,(H2,17,19,20);1H. The minimum atomic E-state index is 0. The van der Waals surface area contributed by atoms with E-state index in [1.807, 2.05) is 24.5 Å². The van der Waals surface area contributed by atoms with Crippen molar-refractivity contribution in [2.24, 2.45) is 4.99 Å². The second kappa shape index (κ2) is 10.2. The van der Waals surface area contributed by atoms with E-state index in [4.69, 9.17) is 0 Å². The zero-order valence-corrected chi connectivity index (χ0v) is 15.5. The Labute approximate surface area is 149 Å². The van der Waals surface area contributed by atoms with Crippen LogP contribution in [0.15, 0.2) is 48.0 Å². The number of hydrogen-bond acceptors (Lipinski definition) is 2. The highest BCUT2D eigenvalue weighted by molar-refractivity contribution is 14.0. The highest BCUT2D eigenvalue weighted by Crippen LogP contribution is 2.04. The van der Waals surface area contributed by atoms with Crippen molar-refractivity contribution in [1.82, 2.24) is 20.2 Å². The molecule has 2 aromatic rings. The van der Waals surface area contributed by atoms with Gasteiger partial charge in [0.2, 0.25) is 0 Å². The van der Waals surface area contributed by atoms with E-state index < -0.39 is 0 Å². The first-order valence-electron chi connectivity index (χ1n) is 7.24. The van der Waals surface area contributed by atoms with Crippen molar-refractivity contribution in [3.8, 4) is 0 Å². The van der Waals surface area contributed by atoms with Gasteiger partial charge in [0, 0.05) is 51.5 Å². The summed E-state index contributed by atoms with van der Waals surface area (Å²) >= 11 is 0. The molecule has 0 saturated carbocycles. The van der Waals surface area contributed by atoms with Crippen LogP contribution in [0.3, 0.4) is 0 Å². The molecule has 0 aliphatic heterocycles. The maximum absolute atomic E-state index is 4.23. The Morgan fingerprint density at radius 3 is 2.64 bits per heavy atom. The van der Waals surface area contributed by atoms with Gasteiger partial charge in [0.1, 0.15) is 0 Å². The van der Waals surface area contributed by atoms with E-state index in [2.05, 4.69) is 50.6 Å². The van der Waals surface area contributed by atoms with Gasteiger partial charge in [-0.3, -0.25) is 9.98 Å². The Morgan fingerprint density at radius 2 is 1.95 bits per heavy atom. The molecule has 0 amide bonds. The van der Waals surface area contributed by atoms with E-state index in [9.17, 15) is 0 Å². The summed E-state index contributed by atoms with van der Waals surface area (Å²) in [5.41, 5.74) is 2.55. The molecule has 0 radical (unpaired) electrons. The number of nitrogens with zero attached hydrogens (tertiary/aromatic N) is 3. The SMILES string of the molecule is CN=C(NCCc1ccncc1C)NCCn1cccc1.I. The van der Waals surface area contributed by atoms with Crippen LogP contribution < -0.4 is 10.6 Å². The smallest absolute Gasteiger partial charge is 0.191 e.